The monoisotopic (exact) mass is 451 g/mol. The lowest BCUT2D eigenvalue weighted by molar-refractivity contribution is -0.384. The molecule has 8 heteroatoms. The number of hydrogen-bond donors (Lipinski definition) is 1. The number of amides is 1. The molecule has 32 heavy (non-hydrogen) atoms. The average Bonchev–Trinajstić information content (AvgIpc) is 3.27. The van der Waals surface area contributed by atoms with Crippen LogP contribution in [0.5, 0.6) is 5.75 Å². The Kier molecular flexibility index (Phi) is 6.53. The molecule has 0 radical (unpaired) electrons. The van der Waals surface area contributed by atoms with Crippen molar-refractivity contribution in [1.29, 1.82) is 0 Å². The van der Waals surface area contributed by atoms with Crippen molar-refractivity contribution in [3.8, 4) is 5.75 Å². The molecule has 7 nitrogen and oxygen atoms in total. The zero-order chi connectivity index (χ0) is 22.7. The number of ether oxygens (including phenoxy) is 1. The molecule has 1 aliphatic rings. The largest absolute Gasteiger partial charge is 0.497 e. The number of methoxy groups -OCH3 is 1. The highest BCUT2D eigenvalue weighted by atomic mass is 32.1. The Bertz CT molecular complexity index is 1100. The van der Waals surface area contributed by atoms with Crippen LogP contribution in [0.1, 0.15) is 39.3 Å². The third kappa shape index (κ3) is 4.51. The first-order valence-electron chi connectivity index (χ1n) is 10.5. The quantitative estimate of drug-likeness (QED) is 0.424. The minimum Gasteiger partial charge on any atom is -0.497 e. The van der Waals surface area contributed by atoms with E-state index < -0.39 is 4.92 Å². The number of nitrogens with zero attached hydrogens (tertiary/aromatic N) is 2. The first kappa shape index (κ1) is 22.0. The van der Waals surface area contributed by atoms with Crippen LogP contribution in [0.4, 0.5) is 5.69 Å². The van der Waals surface area contributed by atoms with Crippen LogP contribution < -0.4 is 10.1 Å². The second kappa shape index (κ2) is 9.50. The zero-order valence-corrected chi connectivity index (χ0v) is 18.8. The van der Waals surface area contributed by atoms with Crippen molar-refractivity contribution in [3.63, 3.8) is 0 Å². The lowest BCUT2D eigenvalue weighted by atomic mass is 9.91. The molecule has 0 saturated carbocycles. The summed E-state index contributed by atoms with van der Waals surface area (Å²) in [5.74, 6) is 0.591. The SMILES string of the molecule is COc1ccc(C2c3sccc3CC(C)N2CCNC(=O)c2ccc([N+](=O)[O-])cc2)cc1. The maximum atomic E-state index is 12.5. The number of nitrogens with one attached hydrogen (secondary N) is 1. The van der Waals surface area contributed by atoms with Crippen LogP contribution in [-0.4, -0.2) is 42.0 Å². The molecule has 1 aromatic heterocycles. The van der Waals surface area contributed by atoms with Crippen LogP contribution in [-0.2, 0) is 6.42 Å². The molecule has 0 spiro atoms. The maximum Gasteiger partial charge on any atom is 0.269 e. The summed E-state index contributed by atoms with van der Waals surface area (Å²) in [5.41, 5.74) is 2.96. The first-order chi connectivity index (χ1) is 15.5. The smallest absolute Gasteiger partial charge is 0.269 e. The normalized spacial score (nSPS) is 18.1. The predicted octanol–water partition coefficient (Wildman–Crippen LogP) is 4.43. The van der Waals surface area contributed by atoms with E-state index >= 15 is 0 Å². The molecule has 3 aromatic rings. The van der Waals surface area contributed by atoms with Crippen molar-refractivity contribution in [2.45, 2.75) is 25.4 Å². The molecule has 2 unspecified atom stereocenters. The van der Waals surface area contributed by atoms with Gasteiger partial charge in [0, 0.05) is 41.7 Å². The van der Waals surface area contributed by atoms with Crippen LogP contribution in [0, 0.1) is 10.1 Å². The number of carbonyl (C=O) groups is 1. The van der Waals surface area contributed by atoms with Gasteiger partial charge in [-0.2, -0.15) is 0 Å². The molecule has 0 saturated heterocycles. The van der Waals surface area contributed by atoms with E-state index in [9.17, 15) is 14.9 Å². The van der Waals surface area contributed by atoms with Crippen LogP contribution in [0.25, 0.3) is 0 Å². The third-order valence-corrected chi connectivity index (χ3v) is 6.88. The molecule has 4 rings (SSSR count). The number of rotatable bonds is 7. The van der Waals surface area contributed by atoms with E-state index in [4.69, 9.17) is 4.74 Å². The molecule has 166 valence electrons. The van der Waals surface area contributed by atoms with Gasteiger partial charge in [0.2, 0.25) is 0 Å². The van der Waals surface area contributed by atoms with Gasteiger partial charge in [0.05, 0.1) is 18.1 Å². The minimum atomic E-state index is -0.475. The van der Waals surface area contributed by atoms with Crippen LogP contribution in [0.2, 0.25) is 0 Å². The molecule has 0 aliphatic carbocycles. The summed E-state index contributed by atoms with van der Waals surface area (Å²) < 4.78 is 5.32. The van der Waals surface area contributed by atoms with Crippen molar-refractivity contribution in [1.82, 2.24) is 10.2 Å². The summed E-state index contributed by atoms with van der Waals surface area (Å²) in [4.78, 5) is 26.6. The van der Waals surface area contributed by atoms with Crippen molar-refractivity contribution >= 4 is 22.9 Å². The Morgan fingerprint density at radius 1 is 1.19 bits per heavy atom. The number of hydrogen-bond acceptors (Lipinski definition) is 6. The van der Waals surface area contributed by atoms with E-state index in [1.165, 1.54) is 40.3 Å². The Labute approximate surface area is 190 Å². The van der Waals surface area contributed by atoms with Crippen LogP contribution >= 0.6 is 11.3 Å². The van der Waals surface area contributed by atoms with Crippen molar-refractivity contribution in [2.24, 2.45) is 0 Å². The molecule has 2 heterocycles. The molecule has 2 aromatic carbocycles. The van der Waals surface area contributed by atoms with Gasteiger partial charge in [-0.15, -0.1) is 11.3 Å². The number of fused-ring (bicyclic) bond motifs is 1. The zero-order valence-electron chi connectivity index (χ0n) is 18.0. The number of nitro benzene ring substituents is 1. The summed E-state index contributed by atoms with van der Waals surface area (Å²) in [7, 11) is 1.66. The predicted molar refractivity (Wildman–Crippen MR) is 124 cm³/mol. The topological polar surface area (TPSA) is 84.7 Å². The standard InChI is InChI=1S/C24H25N3O4S/c1-16-15-19-11-14-32-23(19)22(17-5-9-21(31-2)10-6-17)26(16)13-12-25-24(28)18-3-7-20(8-4-18)27(29)30/h3-11,14,16,22H,12-13,15H2,1-2H3,(H,25,28). The van der Waals surface area contributed by atoms with E-state index in [2.05, 4.69) is 40.7 Å². The van der Waals surface area contributed by atoms with Gasteiger partial charge >= 0.3 is 0 Å². The fourth-order valence-electron chi connectivity index (χ4n) is 4.21. The van der Waals surface area contributed by atoms with Gasteiger partial charge in [-0.25, -0.2) is 0 Å². The van der Waals surface area contributed by atoms with Crippen LogP contribution in [0.15, 0.2) is 60.0 Å². The minimum absolute atomic E-state index is 0.0298. The number of non-ortho nitro benzene ring substituents is 1. The van der Waals surface area contributed by atoms with Crippen molar-refractivity contribution in [3.05, 3.63) is 91.7 Å². The lowest BCUT2D eigenvalue weighted by Crippen LogP contribution is -2.45. The summed E-state index contributed by atoms with van der Waals surface area (Å²) in [6.07, 6.45) is 0.974. The van der Waals surface area contributed by atoms with Gasteiger partial charge < -0.3 is 10.1 Å². The third-order valence-electron chi connectivity index (χ3n) is 5.87. The highest BCUT2D eigenvalue weighted by molar-refractivity contribution is 7.10. The molecule has 1 aliphatic heterocycles. The molecule has 0 fully saturated rings. The van der Waals surface area contributed by atoms with Gasteiger partial charge in [0.25, 0.3) is 11.6 Å². The van der Waals surface area contributed by atoms with E-state index in [0.29, 0.717) is 24.7 Å². The Morgan fingerprint density at radius 3 is 2.56 bits per heavy atom. The molecule has 1 amide bonds. The highest BCUT2D eigenvalue weighted by Gasteiger charge is 2.34. The van der Waals surface area contributed by atoms with Gasteiger partial charge in [0.15, 0.2) is 0 Å². The number of thiophene rings is 1. The first-order valence-corrected chi connectivity index (χ1v) is 11.3. The highest BCUT2D eigenvalue weighted by Crippen LogP contribution is 2.40. The fraction of sp³-hybridized carbons (Fsp3) is 0.292. The van der Waals surface area contributed by atoms with Crippen LogP contribution in [0.3, 0.4) is 0 Å². The maximum absolute atomic E-state index is 12.5. The number of carbonyl (C=O) groups excluding carboxylic acids is 1. The number of benzene rings is 2. The molecule has 2 atom stereocenters. The fourth-order valence-corrected chi connectivity index (χ4v) is 5.29. The van der Waals surface area contributed by atoms with E-state index in [1.807, 2.05) is 12.1 Å². The van der Waals surface area contributed by atoms with E-state index in [-0.39, 0.29) is 17.6 Å². The Hall–Kier alpha value is -3.23. The van der Waals surface area contributed by atoms with Gasteiger partial charge in [0.1, 0.15) is 5.75 Å². The van der Waals surface area contributed by atoms with Gasteiger partial charge in [-0.3, -0.25) is 19.8 Å². The van der Waals surface area contributed by atoms with E-state index in [0.717, 1.165) is 12.2 Å². The Morgan fingerprint density at radius 2 is 1.91 bits per heavy atom. The second-order valence-electron chi connectivity index (χ2n) is 7.84. The Balaban J connectivity index is 1.48. The lowest BCUT2D eigenvalue weighted by Gasteiger charge is -2.41. The molecule has 1 N–H and O–H groups in total. The van der Waals surface area contributed by atoms with Crippen molar-refractivity contribution in [2.75, 3.05) is 20.2 Å². The molecule has 0 bridgehead atoms. The number of nitro groups is 1. The van der Waals surface area contributed by atoms with E-state index in [1.54, 1.807) is 18.4 Å². The van der Waals surface area contributed by atoms with Gasteiger partial charge in [-0.1, -0.05) is 12.1 Å². The summed E-state index contributed by atoms with van der Waals surface area (Å²) in [6, 6.07) is 16.5. The second-order valence-corrected chi connectivity index (χ2v) is 8.78. The summed E-state index contributed by atoms with van der Waals surface area (Å²) in [6.45, 7) is 3.39. The van der Waals surface area contributed by atoms with Gasteiger partial charge in [-0.05, 0) is 60.2 Å². The average molecular weight is 452 g/mol. The molecular weight excluding hydrogens is 426 g/mol. The summed E-state index contributed by atoms with van der Waals surface area (Å²) in [5, 5.41) is 15.9. The molecular formula is C24H25N3O4S. The summed E-state index contributed by atoms with van der Waals surface area (Å²) >= 11 is 1.77. The van der Waals surface area contributed by atoms with Crippen molar-refractivity contribution < 1.29 is 14.5 Å².